The van der Waals surface area contributed by atoms with Crippen LogP contribution in [0, 0.1) is 0 Å². The number of hydrogen-bond donors (Lipinski definition) is 5. The Morgan fingerprint density at radius 1 is 1.10 bits per heavy atom. The monoisotopic (exact) mass is 224 g/mol. The molecular weight excluding hydrogens is 220 g/mol. The molecule has 0 rings (SSSR count). The molecule has 0 bridgehead atoms. The van der Waals surface area contributed by atoms with E-state index in [-0.39, 0.29) is 19.5 Å². The van der Waals surface area contributed by atoms with E-state index in [2.05, 4.69) is 0 Å². The summed E-state index contributed by atoms with van der Waals surface area (Å²) in [7, 11) is -4.64. The standard InChI is InChI=1S/CH2O3.H3O4P.Zn/c2-1(3)4;1-5(2,3)4;/h(H2,2,3,4);(H3,1,2,3,4);. The molecule has 5 N–H and O–H groups in total. The van der Waals surface area contributed by atoms with Crippen LogP contribution >= 0.6 is 7.82 Å². The predicted molar refractivity (Wildman–Crippen MR) is 24.9 cm³/mol. The Morgan fingerprint density at radius 2 is 1.10 bits per heavy atom. The minimum atomic E-state index is -4.64. The fourth-order valence-corrected chi connectivity index (χ4v) is 0. The number of carboxylic acid groups (broad SMARTS) is 2. The molecule has 58 valence electrons. The maximum absolute atomic E-state index is 8.88. The molecular formula is CH5O7PZn. The van der Waals surface area contributed by atoms with Crippen LogP contribution in [-0.2, 0) is 24.0 Å². The van der Waals surface area contributed by atoms with Gasteiger partial charge in [0, 0.05) is 19.5 Å². The van der Waals surface area contributed by atoms with Gasteiger partial charge in [0.25, 0.3) is 0 Å². The van der Waals surface area contributed by atoms with Gasteiger partial charge in [0.1, 0.15) is 0 Å². The second-order valence-electron chi connectivity index (χ2n) is 0.796. The Morgan fingerprint density at radius 3 is 1.10 bits per heavy atom. The number of carbonyl (C=O) groups is 1. The smallest absolute Gasteiger partial charge is 0.450 e. The van der Waals surface area contributed by atoms with E-state index in [1.54, 1.807) is 0 Å². The first-order chi connectivity index (χ1) is 3.73. The molecule has 0 atom stereocenters. The molecule has 0 amide bonds. The third kappa shape index (κ3) is 34400000. The average Bonchev–Trinajstić information content (AvgIpc) is 1.19. The topological polar surface area (TPSA) is 135 Å². The zero-order valence-electron chi connectivity index (χ0n) is 4.71. The molecule has 0 aromatic rings. The second-order valence-corrected chi connectivity index (χ2v) is 1.82. The van der Waals surface area contributed by atoms with Crippen LogP contribution in [-0.4, -0.2) is 31.0 Å². The van der Waals surface area contributed by atoms with Gasteiger partial charge in [0.15, 0.2) is 0 Å². The molecule has 0 aliphatic heterocycles. The van der Waals surface area contributed by atoms with Crippen molar-refractivity contribution in [2.75, 3.05) is 0 Å². The van der Waals surface area contributed by atoms with Crippen LogP contribution in [0.5, 0.6) is 0 Å². The van der Waals surface area contributed by atoms with Crippen molar-refractivity contribution in [3.8, 4) is 0 Å². The summed E-state index contributed by atoms with van der Waals surface area (Å²) in [6.45, 7) is 0. The average molecular weight is 225 g/mol. The summed E-state index contributed by atoms with van der Waals surface area (Å²) in [5.74, 6) is 0. The summed E-state index contributed by atoms with van der Waals surface area (Å²) in [4.78, 5) is 30.1. The third-order valence-corrected chi connectivity index (χ3v) is 0. The van der Waals surface area contributed by atoms with Gasteiger partial charge < -0.3 is 24.9 Å². The first-order valence-electron chi connectivity index (χ1n) is 1.43. The van der Waals surface area contributed by atoms with Gasteiger partial charge in [0.2, 0.25) is 0 Å². The number of rotatable bonds is 0. The first-order valence-corrected chi connectivity index (χ1v) is 3.00. The molecule has 0 aromatic carbocycles. The van der Waals surface area contributed by atoms with Crippen LogP contribution in [0.1, 0.15) is 0 Å². The number of hydrogen-bond acceptors (Lipinski definition) is 2. The van der Waals surface area contributed by atoms with Crippen LogP contribution in [0.4, 0.5) is 4.79 Å². The van der Waals surface area contributed by atoms with Gasteiger partial charge in [-0.25, -0.2) is 9.36 Å². The predicted octanol–water partition coefficient (Wildman–Crippen LogP) is -0.709. The van der Waals surface area contributed by atoms with Crippen molar-refractivity contribution in [2.24, 2.45) is 0 Å². The first kappa shape index (κ1) is 16.5. The molecule has 0 saturated carbocycles. The van der Waals surface area contributed by atoms with Crippen molar-refractivity contribution < 1.29 is 53.7 Å². The van der Waals surface area contributed by atoms with Gasteiger partial charge in [0.05, 0.1) is 0 Å². The van der Waals surface area contributed by atoms with Gasteiger partial charge in [-0.3, -0.25) is 0 Å². The third-order valence-electron chi connectivity index (χ3n) is 0. The molecule has 0 heterocycles. The Balaban J connectivity index is -0.0000000910. The summed E-state index contributed by atoms with van der Waals surface area (Å²) in [6.07, 6.45) is -1.83. The molecule has 7 nitrogen and oxygen atoms in total. The summed E-state index contributed by atoms with van der Waals surface area (Å²) in [5.41, 5.74) is 0. The summed E-state index contributed by atoms with van der Waals surface area (Å²) in [5, 5.41) is 13.9. The Bertz CT molecular complexity index is 113. The minimum absolute atomic E-state index is 0. The van der Waals surface area contributed by atoms with Crippen molar-refractivity contribution in [1.82, 2.24) is 0 Å². The molecule has 0 aliphatic rings. The van der Waals surface area contributed by atoms with Crippen molar-refractivity contribution in [3.63, 3.8) is 0 Å². The molecule has 0 radical (unpaired) electrons. The molecule has 0 aliphatic carbocycles. The number of phosphoric acid groups is 1. The summed E-state index contributed by atoms with van der Waals surface area (Å²) in [6, 6.07) is 0. The van der Waals surface area contributed by atoms with Crippen molar-refractivity contribution >= 4 is 14.0 Å². The Hall–Kier alpha value is 0.00338. The molecule has 0 unspecified atom stereocenters. The quantitative estimate of drug-likeness (QED) is 0.271. The maximum Gasteiger partial charge on any atom is 0.503 e. The van der Waals surface area contributed by atoms with Crippen molar-refractivity contribution in [1.29, 1.82) is 0 Å². The van der Waals surface area contributed by atoms with Gasteiger partial charge in [-0.2, -0.15) is 0 Å². The van der Waals surface area contributed by atoms with Gasteiger partial charge in [-0.1, -0.05) is 0 Å². The van der Waals surface area contributed by atoms with E-state index >= 15 is 0 Å². The zero-order valence-corrected chi connectivity index (χ0v) is 8.57. The van der Waals surface area contributed by atoms with Crippen LogP contribution in [0.25, 0.3) is 0 Å². The Labute approximate surface area is 68.3 Å². The summed E-state index contributed by atoms with van der Waals surface area (Å²) >= 11 is 0. The van der Waals surface area contributed by atoms with Crippen LogP contribution in [0.2, 0.25) is 0 Å². The van der Waals surface area contributed by atoms with Crippen molar-refractivity contribution in [3.05, 3.63) is 0 Å². The largest absolute Gasteiger partial charge is 0.503 e. The fourth-order valence-electron chi connectivity index (χ4n) is 0. The van der Waals surface area contributed by atoms with E-state index in [1.807, 2.05) is 0 Å². The SMILES string of the molecule is O=C(O)O.O=P(O)(O)O.[Zn]. The van der Waals surface area contributed by atoms with E-state index in [0.717, 1.165) is 0 Å². The van der Waals surface area contributed by atoms with Crippen LogP contribution in [0.15, 0.2) is 0 Å². The fraction of sp³-hybridized carbons (Fsp3) is 0. The van der Waals surface area contributed by atoms with Gasteiger partial charge in [-0.05, 0) is 0 Å². The second kappa shape index (κ2) is 7.11. The van der Waals surface area contributed by atoms with Crippen molar-refractivity contribution in [2.45, 2.75) is 0 Å². The molecule has 0 spiro atoms. The molecule has 0 fully saturated rings. The van der Waals surface area contributed by atoms with E-state index in [9.17, 15) is 0 Å². The van der Waals surface area contributed by atoms with Crippen LogP contribution in [0.3, 0.4) is 0 Å². The maximum atomic E-state index is 8.88. The summed E-state index contributed by atoms with van der Waals surface area (Å²) < 4.78 is 8.88. The minimum Gasteiger partial charge on any atom is -0.450 e. The molecule has 0 saturated heterocycles. The molecule has 9 heteroatoms. The Kier molecular flexibility index (Phi) is 11.8. The normalized spacial score (nSPS) is 8.30. The zero-order chi connectivity index (χ0) is 8.08. The van der Waals surface area contributed by atoms with E-state index in [1.165, 1.54) is 0 Å². The van der Waals surface area contributed by atoms with Crippen LogP contribution < -0.4 is 0 Å². The molecule has 10 heavy (non-hydrogen) atoms. The van der Waals surface area contributed by atoms with E-state index in [4.69, 9.17) is 34.3 Å². The van der Waals surface area contributed by atoms with Gasteiger partial charge in [-0.15, -0.1) is 0 Å². The van der Waals surface area contributed by atoms with E-state index < -0.39 is 14.0 Å². The van der Waals surface area contributed by atoms with Gasteiger partial charge >= 0.3 is 14.0 Å². The molecule has 0 aromatic heterocycles. The van der Waals surface area contributed by atoms with E-state index in [0.29, 0.717) is 0 Å².